The highest BCUT2D eigenvalue weighted by atomic mass is 19.4. The van der Waals surface area contributed by atoms with Gasteiger partial charge in [-0.3, -0.25) is 0 Å². The maximum Gasteiger partial charge on any atom is 0.416 e. The Morgan fingerprint density at radius 2 is 1.29 bits per heavy atom. The molecular weight excluding hydrogens is 294 g/mol. The fraction of sp³-hybridized carbons (Fsp3) is 0.200. The number of halogens is 6. The van der Waals surface area contributed by atoms with E-state index in [1.54, 1.807) is 0 Å². The lowest BCUT2D eigenvalue weighted by Gasteiger charge is -2.14. The first kappa shape index (κ1) is 15.4. The highest BCUT2D eigenvalue weighted by Crippen LogP contribution is 2.37. The van der Waals surface area contributed by atoms with Gasteiger partial charge < -0.3 is 0 Å². The van der Waals surface area contributed by atoms with Gasteiger partial charge in [-0.15, -0.1) is 0 Å². The quantitative estimate of drug-likeness (QED) is 0.593. The van der Waals surface area contributed by atoms with Crippen molar-refractivity contribution in [2.24, 2.45) is 0 Å². The van der Waals surface area contributed by atoms with E-state index in [9.17, 15) is 26.3 Å². The lowest BCUT2D eigenvalue weighted by Crippen LogP contribution is -2.08. The van der Waals surface area contributed by atoms with Crippen LogP contribution < -0.4 is 0 Å². The lowest BCUT2D eigenvalue weighted by molar-refractivity contribution is -0.138. The van der Waals surface area contributed by atoms with Crippen LogP contribution in [-0.4, -0.2) is 0 Å². The lowest BCUT2D eigenvalue weighted by atomic mass is 9.95. The molecule has 0 saturated heterocycles. The van der Waals surface area contributed by atoms with Crippen LogP contribution in [0.25, 0.3) is 11.1 Å². The molecule has 0 radical (unpaired) electrons. The predicted octanol–water partition coefficient (Wildman–Crippen LogP) is 5.70. The van der Waals surface area contributed by atoms with E-state index in [1.807, 2.05) is 0 Å². The molecule has 2 aromatic carbocycles. The van der Waals surface area contributed by atoms with Crippen LogP contribution in [0, 0.1) is 6.92 Å². The third-order valence-electron chi connectivity index (χ3n) is 3.16. The van der Waals surface area contributed by atoms with Crippen LogP contribution in [0.1, 0.15) is 16.7 Å². The minimum Gasteiger partial charge on any atom is -0.166 e. The molecule has 21 heavy (non-hydrogen) atoms. The van der Waals surface area contributed by atoms with Gasteiger partial charge in [-0.2, -0.15) is 26.3 Å². The minimum absolute atomic E-state index is 0.00948. The highest BCUT2D eigenvalue weighted by Gasteiger charge is 2.33. The molecule has 0 aliphatic rings. The van der Waals surface area contributed by atoms with Crippen molar-refractivity contribution in [2.45, 2.75) is 19.3 Å². The summed E-state index contributed by atoms with van der Waals surface area (Å²) in [5.41, 5.74) is -1.06. The standard InChI is InChI=1S/C15H10F6/c1-9-12(3-2-4-13(9)15(19,20)21)10-5-7-11(8-6-10)14(16,17)18/h2-8H,1H3. The largest absolute Gasteiger partial charge is 0.416 e. The molecule has 0 bridgehead atoms. The second-order valence-corrected chi connectivity index (χ2v) is 4.55. The molecule has 112 valence electrons. The van der Waals surface area contributed by atoms with Crippen molar-refractivity contribution in [2.75, 3.05) is 0 Å². The molecule has 2 aromatic rings. The van der Waals surface area contributed by atoms with Crippen molar-refractivity contribution in [1.29, 1.82) is 0 Å². The highest BCUT2D eigenvalue weighted by molar-refractivity contribution is 5.69. The SMILES string of the molecule is Cc1c(-c2ccc(C(F)(F)F)cc2)cccc1C(F)(F)F. The molecule has 0 aromatic heterocycles. The zero-order valence-electron chi connectivity index (χ0n) is 10.8. The van der Waals surface area contributed by atoms with Gasteiger partial charge in [0.15, 0.2) is 0 Å². The Hall–Kier alpha value is -1.98. The summed E-state index contributed by atoms with van der Waals surface area (Å²) in [7, 11) is 0. The fourth-order valence-corrected chi connectivity index (χ4v) is 2.09. The normalized spacial score (nSPS) is 12.5. The zero-order valence-corrected chi connectivity index (χ0v) is 10.8. The van der Waals surface area contributed by atoms with Crippen molar-refractivity contribution in [1.82, 2.24) is 0 Å². The summed E-state index contributed by atoms with van der Waals surface area (Å²) in [5.74, 6) is 0. The molecule has 0 unspecified atom stereocenters. The Morgan fingerprint density at radius 1 is 0.714 bits per heavy atom. The Balaban J connectivity index is 2.48. The molecule has 0 saturated carbocycles. The van der Waals surface area contributed by atoms with Crippen molar-refractivity contribution in [3.05, 3.63) is 59.2 Å². The van der Waals surface area contributed by atoms with Gasteiger partial charge >= 0.3 is 12.4 Å². The third-order valence-corrected chi connectivity index (χ3v) is 3.16. The molecule has 0 fully saturated rings. The molecule has 0 amide bonds. The van der Waals surface area contributed by atoms with E-state index < -0.39 is 23.5 Å². The van der Waals surface area contributed by atoms with Gasteiger partial charge in [0.25, 0.3) is 0 Å². The first-order valence-corrected chi connectivity index (χ1v) is 5.95. The van der Waals surface area contributed by atoms with E-state index in [4.69, 9.17) is 0 Å². The summed E-state index contributed by atoms with van der Waals surface area (Å²) >= 11 is 0. The van der Waals surface area contributed by atoms with Crippen LogP contribution in [-0.2, 0) is 12.4 Å². The second-order valence-electron chi connectivity index (χ2n) is 4.55. The van der Waals surface area contributed by atoms with Crippen LogP contribution in [0.4, 0.5) is 26.3 Å². The molecule has 0 atom stereocenters. The monoisotopic (exact) mass is 304 g/mol. The van der Waals surface area contributed by atoms with Crippen LogP contribution >= 0.6 is 0 Å². The molecule has 0 aliphatic heterocycles. The fourth-order valence-electron chi connectivity index (χ4n) is 2.09. The van der Waals surface area contributed by atoms with E-state index in [-0.39, 0.29) is 11.1 Å². The van der Waals surface area contributed by atoms with Gasteiger partial charge in [0.2, 0.25) is 0 Å². The van der Waals surface area contributed by atoms with E-state index in [0.29, 0.717) is 5.56 Å². The molecule has 0 spiro atoms. The number of rotatable bonds is 1. The van der Waals surface area contributed by atoms with E-state index in [2.05, 4.69) is 0 Å². The van der Waals surface area contributed by atoms with E-state index >= 15 is 0 Å². The number of alkyl halides is 6. The zero-order chi connectivity index (χ0) is 15.8. The molecule has 0 aliphatic carbocycles. The summed E-state index contributed by atoms with van der Waals surface area (Å²) in [6, 6.07) is 7.69. The van der Waals surface area contributed by atoms with Gasteiger partial charge in [-0.05, 0) is 41.8 Å². The Kier molecular flexibility index (Phi) is 3.74. The summed E-state index contributed by atoms with van der Waals surface area (Å²) in [4.78, 5) is 0. The second kappa shape index (κ2) is 5.09. The predicted molar refractivity (Wildman–Crippen MR) is 66.6 cm³/mol. The van der Waals surface area contributed by atoms with E-state index in [0.717, 1.165) is 18.2 Å². The topological polar surface area (TPSA) is 0 Å². The third kappa shape index (κ3) is 3.20. The molecule has 0 nitrogen and oxygen atoms in total. The van der Waals surface area contributed by atoms with Gasteiger partial charge in [-0.25, -0.2) is 0 Å². The first-order valence-electron chi connectivity index (χ1n) is 5.95. The van der Waals surface area contributed by atoms with Crippen LogP contribution in [0.3, 0.4) is 0 Å². The minimum atomic E-state index is -4.49. The smallest absolute Gasteiger partial charge is 0.166 e. The van der Waals surface area contributed by atoms with Gasteiger partial charge in [0.1, 0.15) is 0 Å². The molecule has 0 N–H and O–H groups in total. The van der Waals surface area contributed by atoms with Crippen molar-refractivity contribution < 1.29 is 26.3 Å². The van der Waals surface area contributed by atoms with Crippen LogP contribution in [0.2, 0.25) is 0 Å². The molecular formula is C15H10F6. The maximum absolute atomic E-state index is 12.8. The molecule has 2 rings (SSSR count). The number of hydrogen-bond donors (Lipinski definition) is 0. The van der Waals surface area contributed by atoms with Crippen molar-refractivity contribution in [3.63, 3.8) is 0 Å². The number of benzene rings is 2. The Labute approximate surface area is 117 Å². The summed E-state index contributed by atoms with van der Waals surface area (Å²) in [6.07, 6.45) is -8.96. The average molecular weight is 304 g/mol. The molecule has 0 heterocycles. The average Bonchev–Trinajstić information content (AvgIpc) is 2.37. The summed E-state index contributed by atoms with van der Waals surface area (Å²) in [5, 5.41) is 0. The first-order chi connectivity index (χ1) is 9.60. The Bertz CT molecular complexity index is 635. The Morgan fingerprint density at radius 3 is 1.76 bits per heavy atom. The maximum atomic E-state index is 12.8. The van der Waals surface area contributed by atoms with Gasteiger partial charge in [-0.1, -0.05) is 24.3 Å². The summed E-state index contributed by atoms with van der Waals surface area (Å²) in [6.45, 7) is 1.30. The van der Waals surface area contributed by atoms with Gasteiger partial charge in [0, 0.05) is 0 Å². The molecule has 6 heteroatoms. The van der Waals surface area contributed by atoms with Crippen LogP contribution in [0.5, 0.6) is 0 Å². The van der Waals surface area contributed by atoms with Gasteiger partial charge in [0.05, 0.1) is 11.1 Å². The van der Waals surface area contributed by atoms with Crippen molar-refractivity contribution in [3.8, 4) is 11.1 Å². The van der Waals surface area contributed by atoms with E-state index in [1.165, 1.54) is 31.2 Å². The number of hydrogen-bond acceptors (Lipinski definition) is 0. The van der Waals surface area contributed by atoms with Crippen molar-refractivity contribution >= 4 is 0 Å². The summed E-state index contributed by atoms with van der Waals surface area (Å²) < 4.78 is 75.9. The van der Waals surface area contributed by atoms with Crippen LogP contribution in [0.15, 0.2) is 42.5 Å².